The summed E-state index contributed by atoms with van der Waals surface area (Å²) in [5.74, 6) is 0.353. The third kappa shape index (κ3) is 4.49. The molecule has 1 heterocycles. The zero-order valence-corrected chi connectivity index (χ0v) is 14.0. The molecule has 24 heavy (non-hydrogen) atoms. The van der Waals surface area contributed by atoms with Crippen LogP contribution in [0, 0.1) is 24.2 Å². The van der Waals surface area contributed by atoms with Gasteiger partial charge in [-0.3, -0.25) is 4.79 Å². The number of aromatic nitrogens is 1. The summed E-state index contributed by atoms with van der Waals surface area (Å²) in [5, 5.41) is 19.2. The minimum absolute atomic E-state index is 0.322. The van der Waals surface area contributed by atoms with E-state index in [0.29, 0.717) is 35.2 Å². The Balaban J connectivity index is 2.24. The summed E-state index contributed by atoms with van der Waals surface area (Å²) in [7, 11) is 0. The second kappa shape index (κ2) is 7.51. The van der Waals surface area contributed by atoms with Crippen molar-refractivity contribution in [2.45, 2.75) is 33.2 Å². The van der Waals surface area contributed by atoms with E-state index < -0.39 is 11.9 Å². The van der Waals surface area contributed by atoms with Gasteiger partial charge in [0.1, 0.15) is 12.1 Å². The highest BCUT2D eigenvalue weighted by atomic mass is 16.5. The molecule has 0 radical (unpaired) electrons. The summed E-state index contributed by atoms with van der Waals surface area (Å²) in [6.07, 6.45) is 0.624. The Kier molecular flexibility index (Phi) is 5.42. The number of carbonyl (C=O) groups excluding carboxylic acids is 1. The Labute approximate surface area is 140 Å². The van der Waals surface area contributed by atoms with Crippen molar-refractivity contribution in [3.63, 3.8) is 0 Å². The van der Waals surface area contributed by atoms with Gasteiger partial charge in [0.15, 0.2) is 0 Å². The second-order valence-electron chi connectivity index (χ2n) is 6.06. The first kappa shape index (κ1) is 17.3. The van der Waals surface area contributed by atoms with E-state index in [9.17, 15) is 10.1 Å². The molecule has 0 saturated carbocycles. The molecule has 1 atom stereocenters. The molecule has 0 saturated heterocycles. The predicted molar refractivity (Wildman–Crippen MR) is 91.7 cm³/mol. The van der Waals surface area contributed by atoms with E-state index in [1.54, 1.807) is 31.2 Å². The number of hydrogen-bond donors (Lipinski definition) is 3. The summed E-state index contributed by atoms with van der Waals surface area (Å²) in [6.45, 7) is 5.85. The Morgan fingerprint density at radius 3 is 2.71 bits per heavy atom. The molecule has 4 N–H and O–H groups in total. The molecular weight excluding hydrogens is 306 g/mol. The zero-order valence-electron chi connectivity index (χ0n) is 14.0. The third-order valence-electron chi connectivity index (χ3n) is 3.42. The van der Waals surface area contributed by atoms with Gasteiger partial charge in [-0.1, -0.05) is 19.0 Å². The fraction of sp³-hybridized carbons (Fsp3) is 0.353. The van der Waals surface area contributed by atoms with Gasteiger partial charge in [-0.2, -0.15) is 5.26 Å². The lowest BCUT2D eigenvalue weighted by Crippen LogP contribution is -2.36. The van der Waals surface area contributed by atoms with Crippen LogP contribution in [-0.4, -0.2) is 17.1 Å². The van der Waals surface area contributed by atoms with Gasteiger partial charge in [-0.25, -0.2) is 0 Å². The fourth-order valence-electron chi connectivity index (χ4n) is 2.31. The lowest BCUT2D eigenvalue weighted by Gasteiger charge is -2.19. The van der Waals surface area contributed by atoms with Crippen LogP contribution in [0.5, 0.6) is 0 Å². The SMILES string of the molecule is Cc1cc(Nc2cc(NC(CC(C)C)C(N)=O)ccc2C#N)on1. The smallest absolute Gasteiger partial charge is 0.239 e. The Morgan fingerprint density at radius 2 is 2.17 bits per heavy atom. The maximum absolute atomic E-state index is 11.6. The van der Waals surface area contributed by atoms with Crippen LogP contribution in [0.15, 0.2) is 28.8 Å². The Morgan fingerprint density at radius 1 is 1.42 bits per heavy atom. The number of aryl methyl sites for hydroxylation is 1. The van der Waals surface area contributed by atoms with Crippen LogP contribution in [-0.2, 0) is 4.79 Å². The van der Waals surface area contributed by atoms with Crippen LogP contribution in [0.1, 0.15) is 31.5 Å². The van der Waals surface area contributed by atoms with E-state index >= 15 is 0 Å². The first-order valence-electron chi connectivity index (χ1n) is 7.69. The van der Waals surface area contributed by atoms with Crippen molar-refractivity contribution in [2.24, 2.45) is 11.7 Å². The van der Waals surface area contributed by atoms with Gasteiger partial charge in [0.05, 0.1) is 16.9 Å². The van der Waals surface area contributed by atoms with Crippen LogP contribution in [0.2, 0.25) is 0 Å². The molecule has 7 nitrogen and oxygen atoms in total. The summed E-state index contributed by atoms with van der Waals surface area (Å²) >= 11 is 0. The molecule has 2 rings (SSSR count). The molecule has 0 spiro atoms. The number of primary amides is 1. The highest BCUT2D eigenvalue weighted by Crippen LogP contribution is 2.25. The highest BCUT2D eigenvalue weighted by molar-refractivity contribution is 5.83. The van der Waals surface area contributed by atoms with Gasteiger partial charge in [-0.05, 0) is 37.5 Å². The molecule has 1 aromatic heterocycles. The van der Waals surface area contributed by atoms with Gasteiger partial charge >= 0.3 is 0 Å². The van der Waals surface area contributed by atoms with Crippen molar-refractivity contribution in [1.29, 1.82) is 5.26 Å². The molecule has 0 fully saturated rings. The standard InChI is InChI=1S/C17H21N5O2/c1-10(2)6-15(17(19)23)20-13-5-4-12(9-18)14(8-13)21-16-7-11(3)22-24-16/h4-5,7-8,10,15,20-21H,6H2,1-3H3,(H2,19,23). The van der Waals surface area contributed by atoms with E-state index in [4.69, 9.17) is 10.3 Å². The quantitative estimate of drug-likeness (QED) is 0.720. The van der Waals surface area contributed by atoms with E-state index in [0.717, 1.165) is 5.69 Å². The number of amides is 1. The molecule has 1 amide bonds. The fourth-order valence-corrected chi connectivity index (χ4v) is 2.31. The van der Waals surface area contributed by atoms with Crippen LogP contribution in [0.25, 0.3) is 0 Å². The van der Waals surface area contributed by atoms with Crippen molar-refractivity contribution >= 4 is 23.2 Å². The molecule has 0 bridgehead atoms. The molecule has 1 aromatic carbocycles. The maximum atomic E-state index is 11.6. The van der Waals surface area contributed by atoms with E-state index in [1.165, 1.54) is 0 Å². The molecule has 126 valence electrons. The molecule has 0 aliphatic carbocycles. The average Bonchev–Trinajstić information content (AvgIpc) is 2.91. The van der Waals surface area contributed by atoms with Crippen molar-refractivity contribution in [2.75, 3.05) is 10.6 Å². The number of nitrogens with zero attached hydrogens (tertiary/aromatic N) is 2. The van der Waals surface area contributed by atoms with E-state index in [2.05, 4.69) is 21.9 Å². The number of hydrogen-bond acceptors (Lipinski definition) is 6. The topological polar surface area (TPSA) is 117 Å². The summed E-state index contributed by atoms with van der Waals surface area (Å²) in [5.41, 5.74) is 7.90. The van der Waals surface area contributed by atoms with Gasteiger partial charge in [0, 0.05) is 11.8 Å². The molecule has 1 unspecified atom stereocenters. The number of nitriles is 1. The summed E-state index contributed by atoms with van der Waals surface area (Å²) in [6, 6.07) is 8.52. The molecule has 0 aliphatic heterocycles. The van der Waals surface area contributed by atoms with Gasteiger partial charge in [0.25, 0.3) is 0 Å². The number of nitrogens with two attached hydrogens (primary N) is 1. The Hall–Kier alpha value is -3.01. The van der Waals surface area contributed by atoms with E-state index in [1.807, 2.05) is 13.8 Å². The lowest BCUT2D eigenvalue weighted by molar-refractivity contribution is -0.119. The average molecular weight is 327 g/mol. The highest BCUT2D eigenvalue weighted by Gasteiger charge is 2.17. The normalized spacial score (nSPS) is 11.8. The minimum atomic E-state index is -0.474. The van der Waals surface area contributed by atoms with Crippen LogP contribution in [0.4, 0.5) is 17.3 Å². The number of rotatable bonds is 7. The van der Waals surface area contributed by atoms with Crippen molar-refractivity contribution in [3.8, 4) is 6.07 Å². The largest absolute Gasteiger partial charge is 0.374 e. The van der Waals surface area contributed by atoms with Gasteiger partial charge < -0.3 is 20.9 Å². The first-order valence-corrected chi connectivity index (χ1v) is 7.69. The van der Waals surface area contributed by atoms with Crippen LogP contribution < -0.4 is 16.4 Å². The number of benzene rings is 1. The molecule has 7 heteroatoms. The second-order valence-corrected chi connectivity index (χ2v) is 6.06. The maximum Gasteiger partial charge on any atom is 0.239 e. The number of nitrogens with one attached hydrogen (secondary N) is 2. The lowest BCUT2D eigenvalue weighted by atomic mass is 10.0. The van der Waals surface area contributed by atoms with E-state index in [-0.39, 0.29) is 0 Å². The Bertz CT molecular complexity index is 761. The van der Waals surface area contributed by atoms with Gasteiger partial charge in [0.2, 0.25) is 11.8 Å². The predicted octanol–water partition coefficient (Wildman–Crippen LogP) is 2.91. The molecular formula is C17H21N5O2. The molecule has 0 aliphatic rings. The van der Waals surface area contributed by atoms with Crippen molar-refractivity contribution in [3.05, 3.63) is 35.5 Å². The summed E-state index contributed by atoms with van der Waals surface area (Å²) in [4.78, 5) is 11.6. The van der Waals surface area contributed by atoms with Crippen molar-refractivity contribution in [1.82, 2.24) is 5.16 Å². The summed E-state index contributed by atoms with van der Waals surface area (Å²) < 4.78 is 5.11. The molecule has 2 aromatic rings. The van der Waals surface area contributed by atoms with Crippen LogP contribution >= 0.6 is 0 Å². The van der Waals surface area contributed by atoms with Crippen molar-refractivity contribution < 1.29 is 9.32 Å². The zero-order chi connectivity index (χ0) is 17.7. The number of anilines is 3. The monoisotopic (exact) mass is 327 g/mol. The first-order chi connectivity index (χ1) is 11.4. The van der Waals surface area contributed by atoms with Gasteiger partial charge in [-0.15, -0.1) is 0 Å². The number of carbonyl (C=O) groups is 1. The minimum Gasteiger partial charge on any atom is -0.374 e. The third-order valence-corrected chi connectivity index (χ3v) is 3.42. The van der Waals surface area contributed by atoms with Crippen LogP contribution in [0.3, 0.4) is 0 Å².